The maximum atomic E-state index is 12.4. The summed E-state index contributed by atoms with van der Waals surface area (Å²) in [6.45, 7) is 1.54. The molecule has 0 unspecified atom stereocenters. The summed E-state index contributed by atoms with van der Waals surface area (Å²) in [7, 11) is -2.34. The number of hydrogen-bond acceptors (Lipinski definition) is 5. The van der Waals surface area contributed by atoms with E-state index >= 15 is 0 Å². The van der Waals surface area contributed by atoms with Crippen LogP contribution < -0.4 is 10.0 Å². The van der Waals surface area contributed by atoms with Crippen LogP contribution in [0, 0.1) is 0 Å². The lowest BCUT2D eigenvalue weighted by molar-refractivity contribution is -0.120. The van der Waals surface area contributed by atoms with Crippen LogP contribution in [-0.4, -0.2) is 44.1 Å². The molecule has 0 aliphatic heterocycles. The third-order valence-corrected chi connectivity index (χ3v) is 6.04. The molecular weight excluding hydrogens is 370 g/mol. The van der Waals surface area contributed by atoms with Gasteiger partial charge in [-0.15, -0.1) is 0 Å². The number of nitrogens with zero attached hydrogens (tertiary/aromatic N) is 1. The fourth-order valence-electron chi connectivity index (χ4n) is 3.21. The van der Waals surface area contributed by atoms with E-state index in [1.807, 2.05) is 0 Å². The highest BCUT2D eigenvalue weighted by molar-refractivity contribution is 7.89. The Morgan fingerprint density at radius 3 is 2.44 bits per heavy atom. The van der Waals surface area contributed by atoms with Gasteiger partial charge in [0.1, 0.15) is 10.6 Å². The molecule has 0 bridgehead atoms. The molecule has 1 heterocycles. The van der Waals surface area contributed by atoms with E-state index in [1.165, 1.54) is 36.1 Å². The summed E-state index contributed by atoms with van der Waals surface area (Å²) in [5, 5.41) is 2.92. The van der Waals surface area contributed by atoms with Crippen molar-refractivity contribution < 1.29 is 22.7 Å². The van der Waals surface area contributed by atoms with Crippen molar-refractivity contribution in [2.24, 2.45) is 7.05 Å². The van der Waals surface area contributed by atoms with Crippen LogP contribution in [0.4, 0.5) is 0 Å². The van der Waals surface area contributed by atoms with Crippen LogP contribution in [0.25, 0.3) is 0 Å². The van der Waals surface area contributed by atoms with Crippen LogP contribution in [0.15, 0.2) is 17.2 Å². The van der Waals surface area contributed by atoms with Gasteiger partial charge in [0.2, 0.25) is 15.9 Å². The first-order valence-corrected chi connectivity index (χ1v) is 10.9. The summed E-state index contributed by atoms with van der Waals surface area (Å²) in [5.41, 5.74) is 0.135. The van der Waals surface area contributed by atoms with E-state index in [0.717, 1.165) is 25.7 Å². The molecule has 1 amide bonds. The molecule has 27 heavy (non-hydrogen) atoms. The predicted octanol–water partition coefficient (Wildman–Crippen LogP) is 1.71. The third-order valence-electron chi connectivity index (χ3n) is 4.67. The molecule has 2 N–H and O–H groups in total. The molecule has 0 spiro atoms. The van der Waals surface area contributed by atoms with E-state index in [4.69, 9.17) is 4.74 Å². The standard InChI is InChI=1S/C18H29N3O5S/c1-3-26-18(23)16-11-15(13-21(16)2)27(24,25)19-12-17(22)20-14-9-7-5-4-6-8-10-14/h11,13-14,19H,3-10,12H2,1-2H3,(H,20,22). The highest BCUT2D eigenvalue weighted by atomic mass is 32.2. The number of carbonyl (C=O) groups excluding carboxylic acids is 2. The topological polar surface area (TPSA) is 106 Å². The van der Waals surface area contributed by atoms with Gasteiger partial charge in [-0.1, -0.05) is 32.1 Å². The minimum absolute atomic E-state index is 0.0770. The minimum Gasteiger partial charge on any atom is -0.461 e. The van der Waals surface area contributed by atoms with Crippen LogP contribution in [0.2, 0.25) is 0 Å². The summed E-state index contributed by atoms with van der Waals surface area (Å²) in [6.07, 6.45) is 8.94. The highest BCUT2D eigenvalue weighted by Gasteiger charge is 2.22. The van der Waals surface area contributed by atoms with Crippen LogP contribution in [0.5, 0.6) is 0 Å². The van der Waals surface area contributed by atoms with Gasteiger partial charge in [0, 0.05) is 19.3 Å². The second kappa shape index (κ2) is 9.89. The number of aromatic nitrogens is 1. The zero-order valence-electron chi connectivity index (χ0n) is 16.0. The Balaban J connectivity index is 1.93. The van der Waals surface area contributed by atoms with Crippen molar-refractivity contribution in [1.82, 2.24) is 14.6 Å². The van der Waals surface area contributed by atoms with Crippen molar-refractivity contribution in [3.05, 3.63) is 18.0 Å². The van der Waals surface area contributed by atoms with Gasteiger partial charge in [0.15, 0.2) is 0 Å². The van der Waals surface area contributed by atoms with E-state index in [1.54, 1.807) is 14.0 Å². The zero-order chi connectivity index (χ0) is 19.9. The van der Waals surface area contributed by atoms with Crippen molar-refractivity contribution in [2.45, 2.75) is 62.8 Å². The van der Waals surface area contributed by atoms with E-state index in [0.29, 0.717) is 0 Å². The lowest BCUT2D eigenvalue weighted by Crippen LogP contribution is -2.42. The van der Waals surface area contributed by atoms with Crippen LogP contribution >= 0.6 is 0 Å². The molecule has 1 aliphatic carbocycles. The fraction of sp³-hybridized carbons (Fsp3) is 0.667. The monoisotopic (exact) mass is 399 g/mol. The van der Waals surface area contributed by atoms with Gasteiger partial charge < -0.3 is 14.6 Å². The van der Waals surface area contributed by atoms with E-state index in [-0.39, 0.29) is 35.7 Å². The zero-order valence-corrected chi connectivity index (χ0v) is 16.8. The van der Waals surface area contributed by atoms with E-state index < -0.39 is 16.0 Å². The number of esters is 1. The molecule has 1 fully saturated rings. The summed E-state index contributed by atoms with van der Waals surface area (Å²) < 4.78 is 33.4. The summed E-state index contributed by atoms with van der Waals surface area (Å²) in [5.74, 6) is -0.936. The summed E-state index contributed by atoms with van der Waals surface area (Å²) in [4.78, 5) is 23.9. The first-order valence-electron chi connectivity index (χ1n) is 9.46. The highest BCUT2D eigenvalue weighted by Crippen LogP contribution is 2.17. The normalized spacial score (nSPS) is 16.4. The molecular formula is C18H29N3O5S. The Morgan fingerprint density at radius 2 is 1.81 bits per heavy atom. The molecule has 1 saturated carbocycles. The Kier molecular flexibility index (Phi) is 7.85. The van der Waals surface area contributed by atoms with Crippen molar-refractivity contribution in [1.29, 1.82) is 0 Å². The van der Waals surface area contributed by atoms with Gasteiger partial charge in [-0.25, -0.2) is 17.9 Å². The van der Waals surface area contributed by atoms with E-state index in [9.17, 15) is 18.0 Å². The molecule has 0 radical (unpaired) electrons. The molecule has 0 saturated heterocycles. The maximum Gasteiger partial charge on any atom is 0.354 e. The Bertz CT molecular complexity index is 749. The van der Waals surface area contributed by atoms with Crippen LogP contribution in [-0.2, 0) is 26.6 Å². The molecule has 2 rings (SSSR count). The van der Waals surface area contributed by atoms with Crippen molar-refractivity contribution in [2.75, 3.05) is 13.2 Å². The SMILES string of the molecule is CCOC(=O)c1cc(S(=O)(=O)NCC(=O)NC2CCCCCCC2)cn1C. The van der Waals surface area contributed by atoms with Gasteiger partial charge >= 0.3 is 5.97 Å². The molecule has 152 valence electrons. The summed E-state index contributed by atoms with van der Waals surface area (Å²) in [6, 6.07) is 1.35. The summed E-state index contributed by atoms with van der Waals surface area (Å²) >= 11 is 0. The molecule has 8 nitrogen and oxygen atoms in total. The van der Waals surface area contributed by atoms with Crippen LogP contribution in [0.3, 0.4) is 0 Å². The molecule has 1 aliphatic rings. The number of hydrogen-bond donors (Lipinski definition) is 2. The maximum absolute atomic E-state index is 12.4. The number of ether oxygens (including phenoxy) is 1. The first kappa shape index (κ1) is 21.4. The van der Waals surface area contributed by atoms with Gasteiger partial charge in [-0.05, 0) is 25.8 Å². The second-order valence-electron chi connectivity index (χ2n) is 6.83. The second-order valence-corrected chi connectivity index (χ2v) is 8.59. The number of aryl methyl sites for hydroxylation is 1. The van der Waals surface area contributed by atoms with Gasteiger partial charge in [-0.3, -0.25) is 4.79 Å². The number of rotatable bonds is 7. The average molecular weight is 400 g/mol. The third kappa shape index (κ3) is 6.35. The number of amides is 1. The first-order chi connectivity index (χ1) is 12.8. The van der Waals surface area contributed by atoms with Gasteiger partial charge in [-0.2, -0.15) is 0 Å². The van der Waals surface area contributed by atoms with Crippen LogP contribution in [0.1, 0.15) is 62.4 Å². The number of carbonyl (C=O) groups is 2. The molecule has 9 heteroatoms. The minimum atomic E-state index is -3.90. The fourth-order valence-corrected chi connectivity index (χ4v) is 4.26. The number of nitrogens with one attached hydrogen (secondary N) is 2. The number of sulfonamides is 1. The van der Waals surface area contributed by atoms with Crippen molar-refractivity contribution >= 4 is 21.9 Å². The lowest BCUT2D eigenvalue weighted by Gasteiger charge is -2.21. The largest absolute Gasteiger partial charge is 0.461 e. The quantitative estimate of drug-likeness (QED) is 0.679. The lowest BCUT2D eigenvalue weighted by atomic mass is 9.97. The van der Waals surface area contributed by atoms with Crippen molar-refractivity contribution in [3.63, 3.8) is 0 Å². The Labute approximate surface area is 160 Å². The molecule has 0 aromatic carbocycles. The van der Waals surface area contributed by atoms with Gasteiger partial charge in [0.05, 0.1) is 13.2 Å². The van der Waals surface area contributed by atoms with Gasteiger partial charge in [0.25, 0.3) is 0 Å². The molecule has 1 aromatic rings. The predicted molar refractivity (Wildman–Crippen MR) is 101 cm³/mol. The van der Waals surface area contributed by atoms with E-state index in [2.05, 4.69) is 10.0 Å². The molecule has 1 aromatic heterocycles. The Morgan fingerprint density at radius 1 is 1.19 bits per heavy atom. The molecule has 0 atom stereocenters. The Hall–Kier alpha value is -1.87. The average Bonchev–Trinajstić information content (AvgIpc) is 2.98. The smallest absolute Gasteiger partial charge is 0.354 e. The van der Waals surface area contributed by atoms with Crippen molar-refractivity contribution in [3.8, 4) is 0 Å².